The van der Waals surface area contributed by atoms with Crippen LogP contribution in [-0.4, -0.2) is 56.4 Å². The molecular weight excluding hydrogens is 356 g/mol. The molecule has 6 heteroatoms. The van der Waals surface area contributed by atoms with Gasteiger partial charge in [-0.05, 0) is 37.5 Å². The van der Waals surface area contributed by atoms with Crippen molar-refractivity contribution in [3.63, 3.8) is 0 Å². The summed E-state index contributed by atoms with van der Waals surface area (Å²) < 4.78 is 16.2. The fourth-order valence-corrected chi connectivity index (χ4v) is 5.49. The maximum Gasteiger partial charge on any atom is 0.337 e. The molecule has 148 valence electrons. The van der Waals surface area contributed by atoms with Gasteiger partial charge in [0.2, 0.25) is 0 Å². The SMILES string of the molecule is COC(=O)C1=COC(C)C2CN3CCC4=c5ccc(OC)cc5=NC4C3CC12. The first-order valence-corrected chi connectivity index (χ1v) is 10.0. The van der Waals surface area contributed by atoms with E-state index in [-0.39, 0.29) is 24.0 Å². The van der Waals surface area contributed by atoms with Gasteiger partial charge in [0.1, 0.15) is 5.75 Å². The monoisotopic (exact) mass is 382 g/mol. The zero-order valence-corrected chi connectivity index (χ0v) is 16.6. The van der Waals surface area contributed by atoms with Gasteiger partial charge in [-0.2, -0.15) is 0 Å². The standard InChI is InChI=1S/C22H26N2O4/c1-12-17-10-24-7-6-15-14-5-4-13(26-2)8-19(14)23-21(15)20(24)9-16(17)18(11-28-12)22(25)27-3/h4-5,8,11-12,16-17,20-21H,6-7,9-10H2,1-3H3. The highest BCUT2D eigenvalue weighted by Crippen LogP contribution is 2.43. The molecule has 1 aromatic carbocycles. The number of fused-ring (bicyclic) bond motifs is 5. The normalized spacial score (nSPS) is 33.3. The summed E-state index contributed by atoms with van der Waals surface area (Å²) in [7, 11) is 3.13. The van der Waals surface area contributed by atoms with Crippen molar-refractivity contribution in [1.82, 2.24) is 4.90 Å². The van der Waals surface area contributed by atoms with E-state index >= 15 is 0 Å². The van der Waals surface area contributed by atoms with E-state index in [4.69, 9.17) is 19.2 Å². The second kappa shape index (κ2) is 6.62. The summed E-state index contributed by atoms with van der Waals surface area (Å²) in [5, 5.41) is 2.30. The lowest BCUT2D eigenvalue weighted by Crippen LogP contribution is -2.58. The number of nitrogens with zero attached hydrogens (tertiary/aromatic N) is 2. The third-order valence-corrected chi connectivity index (χ3v) is 6.98. The molecule has 1 aromatic rings. The maximum absolute atomic E-state index is 12.3. The first kappa shape index (κ1) is 17.7. The average molecular weight is 382 g/mol. The smallest absolute Gasteiger partial charge is 0.337 e. The Bertz CT molecular complexity index is 969. The Labute approximate surface area is 164 Å². The minimum Gasteiger partial charge on any atom is -0.497 e. The van der Waals surface area contributed by atoms with Gasteiger partial charge in [-0.3, -0.25) is 9.89 Å². The van der Waals surface area contributed by atoms with E-state index in [1.54, 1.807) is 13.4 Å². The van der Waals surface area contributed by atoms with E-state index < -0.39 is 0 Å². The summed E-state index contributed by atoms with van der Waals surface area (Å²) in [6.45, 7) is 4.07. The van der Waals surface area contributed by atoms with E-state index in [0.717, 1.165) is 37.0 Å². The third-order valence-electron chi connectivity index (χ3n) is 6.98. The molecule has 0 bridgehead atoms. The lowest BCUT2D eigenvalue weighted by atomic mass is 9.71. The van der Waals surface area contributed by atoms with Crippen molar-refractivity contribution in [2.24, 2.45) is 16.8 Å². The highest BCUT2D eigenvalue weighted by atomic mass is 16.5. The molecule has 0 aromatic heterocycles. The molecule has 0 saturated carbocycles. The molecule has 5 rings (SSSR count). The number of carbonyl (C=O) groups excluding carboxylic acids is 1. The van der Waals surface area contributed by atoms with Gasteiger partial charge in [-0.15, -0.1) is 0 Å². The van der Waals surface area contributed by atoms with Crippen LogP contribution in [0.2, 0.25) is 0 Å². The highest BCUT2D eigenvalue weighted by molar-refractivity contribution is 5.89. The lowest BCUT2D eigenvalue weighted by Gasteiger charge is -2.51. The first-order chi connectivity index (χ1) is 13.6. The van der Waals surface area contributed by atoms with Crippen LogP contribution in [0.3, 0.4) is 0 Å². The van der Waals surface area contributed by atoms with Crippen LogP contribution in [-0.2, 0) is 14.3 Å². The molecule has 0 aliphatic carbocycles. The fourth-order valence-electron chi connectivity index (χ4n) is 5.49. The predicted octanol–water partition coefficient (Wildman–Crippen LogP) is 1.03. The first-order valence-electron chi connectivity index (χ1n) is 10.0. The molecule has 4 aliphatic heterocycles. The zero-order chi connectivity index (χ0) is 19.4. The van der Waals surface area contributed by atoms with Crippen LogP contribution in [0.5, 0.6) is 5.75 Å². The van der Waals surface area contributed by atoms with Gasteiger partial charge in [0, 0.05) is 42.3 Å². The van der Waals surface area contributed by atoms with Crippen LogP contribution in [0.1, 0.15) is 19.8 Å². The molecule has 2 saturated heterocycles. The van der Waals surface area contributed by atoms with Gasteiger partial charge in [-0.25, -0.2) is 4.79 Å². The van der Waals surface area contributed by atoms with Crippen molar-refractivity contribution in [3.05, 3.63) is 40.6 Å². The number of carbonyl (C=O) groups is 1. The Balaban J connectivity index is 1.51. The number of hydrogen-bond donors (Lipinski definition) is 0. The minimum absolute atomic E-state index is 0.103. The molecule has 0 amide bonds. The van der Waals surface area contributed by atoms with E-state index in [9.17, 15) is 4.79 Å². The molecule has 4 aliphatic rings. The zero-order valence-electron chi connectivity index (χ0n) is 16.6. The van der Waals surface area contributed by atoms with Gasteiger partial charge in [0.25, 0.3) is 0 Å². The van der Waals surface area contributed by atoms with Gasteiger partial charge < -0.3 is 14.2 Å². The molecule has 6 nitrogen and oxygen atoms in total. The Morgan fingerprint density at radius 3 is 2.96 bits per heavy atom. The summed E-state index contributed by atoms with van der Waals surface area (Å²) in [6, 6.07) is 6.67. The topological polar surface area (TPSA) is 60.4 Å². The van der Waals surface area contributed by atoms with E-state index in [1.165, 1.54) is 17.9 Å². The Kier molecular flexibility index (Phi) is 4.19. The van der Waals surface area contributed by atoms with Crippen LogP contribution in [0.4, 0.5) is 0 Å². The molecule has 5 atom stereocenters. The Morgan fingerprint density at radius 2 is 2.18 bits per heavy atom. The highest BCUT2D eigenvalue weighted by Gasteiger charge is 2.49. The van der Waals surface area contributed by atoms with E-state index in [0.29, 0.717) is 17.5 Å². The van der Waals surface area contributed by atoms with Crippen LogP contribution in [0.25, 0.3) is 5.57 Å². The quantitative estimate of drug-likeness (QED) is 0.715. The molecule has 0 N–H and O–H groups in total. The van der Waals surface area contributed by atoms with Crippen molar-refractivity contribution in [3.8, 4) is 5.75 Å². The van der Waals surface area contributed by atoms with Gasteiger partial charge in [0.05, 0.1) is 43.6 Å². The van der Waals surface area contributed by atoms with Gasteiger partial charge in [-0.1, -0.05) is 0 Å². The molecule has 4 heterocycles. The Morgan fingerprint density at radius 1 is 1.32 bits per heavy atom. The second-order valence-corrected chi connectivity index (χ2v) is 8.21. The van der Waals surface area contributed by atoms with E-state index in [2.05, 4.69) is 17.9 Å². The van der Waals surface area contributed by atoms with Crippen molar-refractivity contribution < 1.29 is 19.0 Å². The number of methoxy groups -OCH3 is 2. The van der Waals surface area contributed by atoms with Crippen molar-refractivity contribution >= 4 is 11.5 Å². The van der Waals surface area contributed by atoms with Gasteiger partial charge in [0.15, 0.2) is 0 Å². The van der Waals surface area contributed by atoms with Crippen LogP contribution in [0.15, 0.2) is 35.0 Å². The fraction of sp³-hybridized carbons (Fsp3) is 0.545. The molecule has 5 unspecified atom stereocenters. The number of piperidine rings is 2. The van der Waals surface area contributed by atoms with Crippen LogP contribution < -0.4 is 15.3 Å². The number of hydrogen-bond acceptors (Lipinski definition) is 6. The summed E-state index contributed by atoms with van der Waals surface area (Å²) >= 11 is 0. The average Bonchev–Trinajstić information content (AvgIpc) is 3.10. The summed E-state index contributed by atoms with van der Waals surface area (Å²) in [5.41, 5.74) is 2.11. The van der Waals surface area contributed by atoms with Crippen LogP contribution >= 0.6 is 0 Å². The van der Waals surface area contributed by atoms with Crippen LogP contribution in [0, 0.1) is 11.8 Å². The van der Waals surface area contributed by atoms with Gasteiger partial charge >= 0.3 is 5.97 Å². The number of ether oxygens (including phenoxy) is 3. The molecule has 2 fully saturated rings. The maximum atomic E-state index is 12.3. The molecule has 0 radical (unpaired) electrons. The number of esters is 1. The number of benzene rings is 1. The molecule has 28 heavy (non-hydrogen) atoms. The summed E-state index contributed by atoms with van der Waals surface area (Å²) in [4.78, 5) is 20.0. The minimum atomic E-state index is -0.272. The van der Waals surface area contributed by atoms with Crippen molar-refractivity contribution in [2.45, 2.75) is 38.0 Å². The second-order valence-electron chi connectivity index (χ2n) is 8.21. The van der Waals surface area contributed by atoms with E-state index in [1.807, 2.05) is 12.1 Å². The largest absolute Gasteiger partial charge is 0.497 e. The predicted molar refractivity (Wildman–Crippen MR) is 103 cm³/mol. The lowest BCUT2D eigenvalue weighted by molar-refractivity contribution is -0.139. The number of rotatable bonds is 2. The molecule has 0 spiro atoms. The summed E-state index contributed by atoms with van der Waals surface area (Å²) in [5.74, 6) is 1.04. The summed E-state index contributed by atoms with van der Waals surface area (Å²) in [6.07, 6.45) is 3.68. The third kappa shape index (κ3) is 2.58. The molecular formula is C22H26N2O4. The Hall–Kier alpha value is -2.34. The van der Waals surface area contributed by atoms with Crippen molar-refractivity contribution in [1.29, 1.82) is 0 Å². The van der Waals surface area contributed by atoms with Crippen molar-refractivity contribution in [2.75, 3.05) is 27.3 Å².